The van der Waals surface area contributed by atoms with Crippen LogP contribution in [0.3, 0.4) is 0 Å². The number of fused-ring (bicyclic) bond motifs is 5. The van der Waals surface area contributed by atoms with Crippen LogP contribution in [0.1, 0.15) is 106 Å². The average Bonchev–Trinajstić information content (AvgIpc) is 3.05. The van der Waals surface area contributed by atoms with Gasteiger partial charge in [-0.05, 0) is 122 Å². The fourth-order valence-electron chi connectivity index (χ4n) is 9.47. The second kappa shape index (κ2) is 8.91. The second-order valence-electron chi connectivity index (χ2n) is 15.2. The highest BCUT2D eigenvalue weighted by Crippen LogP contribution is 2.69. The molecule has 0 amide bonds. The highest BCUT2D eigenvalue weighted by atomic mass is 28.4. The Balaban J connectivity index is 1.70. The first-order valence-electron chi connectivity index (χ1n) is 14.5. The Labute approximate surface area is 207 Å². The molecule has 0 aromatic carbocycles. The number of rotatable bonds is 5. The van der Waals surface area contributed by atoms with Crippen molar-refractivity contribution in [2.45, 2.75) is 130 Å². The van der Waals surface area contributed by atoms with Crippen LogP contribution in [0, 0.1) is 52.3 Å². The van der Waals surface area contributed by atoms with Crippen LogP contribution in [-0.2, 0) is 4.43 Å². The Bertz CT molecular complexity index is 698. The lowest BCUT2D eigenvalue weighted by Crippen LogP contribution is -2.60. The van der Waals surface area contributed by atoms with Gasteiger partial charge in [-0.15, -0.1) is 0 Å². The van der Waals surface area contributed by atoms with E-state index >= 15 is 0 Å². The summed E-state index contributed by atoms with van der Waals surface area (Å²) in [5.74, 6) is 5.57. The van der Waals surface area contributed by atoms with Crippen molar-refractivity contribution in [2.24, 2.45) is 52.3 Å². The second-order valence-corrected chi connectivity index (χ2v) is 20.0. The molecular weight excluding hydrogens is 420 g/mol. The van der Waals surface area contributed by atoms with E-state index in [-0.39, 0.29) is 5.04 Å². The molecule has 3 heteroatoms. The van der Waals surface area contributed by atoms with Crippen molar-refractivity contribution in [3.8, 4) is 0 Å². The molecule has 0 aromatic rings. The van der Waals surface area contributed by atoms with Crippen LogP contribution >= 0.6 is 0 Å². The van der Waals surface area contributed by atoms with E-state index in [0.29, 0.717) is 29.5 Å². The van der Waals surface area contributed by atoms with Crippen molar-refractivity contribution in [3.63, 3.8) is 0 Å². The van der Waals surface area contributed by atoms with Crippen molar-refractivity contribution < 1.29 is 9.53 Å². The molecule has 1 N–H and O–H groups in total. The Morgan fingerprint density at radius 3 is 2.24 bits per heavy atom. The van der Waals surface area contributed by atoms with E-state index in [1.54, 1.807) is 0 Å². The minimum atomic E-state index is -1.82. The number of hydrogen-bond donors (Lipinski definition) is 1. The number of aliphatic hydroxyl groups is 1. The molecule has 4 aliphatic rings. The Morgan fingerprint density at radius 1 is 0.970 bits per heavy atom. The number of hydrogen-bond acceptors (Lipinski definition) is 2. The van der Waals surface area contributed by atoms with E-state index in [4.69, 9.17) is 4.43 Å². The molecule has 0 radical (unpaired) electrons. The molecule has 0 aliphatic heterocycles. The lowest BCUT2D eigenvalue weighted by molar-refractivity contribution is -0.165. The molecule has 0 aromatic heterocycles. The summed E-state index contributed by atoms with van der Waals surface area (Å²) in [6, 6.07) is 0. The molecule has 4 saturated carbocycles. The van der Waals surface area contributed by atoms with Gasteiger partial charge in [-0.2, -0.15) is 0 Å². The maximum absolute atomic E-state index is 9.68. The predicted molar refractivity (Wildman–Crippen MR) is 143 cm³/mol. The molecule has 0 saturated heterocycles. The molecule has 192 valence electrons. The Hall–Kier alpha value is 0.137. The smallest absolute Gasteiger partial charge is 0.192 e. The van der Waals surface area contributed by atoms with Gasteiger partial charge in [0.1, 0.15) is 0 Å². The Morgan fingerprint density at radius 2 is 1.61 bits per heavy atom. The van der Waals surface area contributed by atoms with Gasteiger partial charge in [0.2, 0.25) is 0 Å². The third-order valence-corrected chi connectivity index (χ3v) is 17.0. The van der Waals surface area contributed by atoms with Crippen LogP contribution in [0.2, 0.25) is 18.1 Å². The third-order valence-electron chi connectivity index (χ3n) is 12.5. The third kappa shape index (κ3) is 4.33. The molecule has 10 atom stereocenters. The summed E-state index contributed by atoms with van der Waals surface area (Å²) in [5, 5.41) is 9.95. The largest absolute Gasteiger partial charge is 0.414 e. The molecule has 0 spiro atoms. The summed E-state index contributed by atoms with van der Waals surface area (Å²) in [5.41, 5.74) is 0.969. The van der Waals surface area contributed by atoms with Gasteiger partial charge in [-0.1, -0.05) is 54.9 Å². The highest BCUT2D eigenvalue weighted by molar-refractivity contribution is 6.74. The van der Waals surface area contributed by atoms with Crippen molar-refractivity contribution in [2.75, 3.05) is 6.61 Å². The minimum Gasteiger partial charge on any atom is -0.414 e. The topological polar surface area (TPSA) is 29.5 Å². The van der Waals surface area contributed by atoms with Crippen LogP contribution in [0.15, 0.2) is 0 Å². The fourth-order valence-corrected chi connectivity index (χ4v) is 10.8. The van der Waals surface area contributed by atoms with E-state index < -0.39 is 8.32 Å². The van der Waals surface area contributed by atoms with Gasteiger partial charge in [0.15, 0.2) is 8.32 Å². The normalized spacial score (nSPS) is 46.9. The molecule has 0 heterocycles. The summed E-state index contributed by atoms with van der Waals surface area (Å²) in [6.07, 6.45) is 12.7. The molecule has 0 bridgehead atoms. The van der Waals surface area contributed by atoms with E-state index in [9.17, 15) is 5.11 Å². The zero-order valence-corrected chi connectivity index (χ0v) is 24.5. The number of aliphatic hydroxyl groups excluding tert-OH is 1. The summed E-state index contributed by atoms with van der Waals surface area (Å²) < 4.78 is 7.44. The molecule has 2 nitrogen and oxygen atoms in total. The monoisotopic (exact) mass is 476 g/mol. The van der Waals surface area contributed by atoms with Crippen LogP contribution < -0.4 is 0 Å². The first-order valence-corrected chi connectivity index (χ1v) is 17.4. The summed E-state index contributed by atoms with van der Waals surface area (Å²) >= 11 is 0. The van der Waals surface area contributed by atoms with Crippen LogP contribution in [-0.4, -0.2) is 26.1 Å². The Kier molecular flexibility index (Phi) is 7.08. The van der Waals surface area contributed by atoms with Crippen molar-refractivity contribution >= 4 is 8.32 Å². The molecule has 4 fully saturated rings. The quantitative estimate of drug-likeness (QED) is 0.404. The highest BCUT2D eigenvalue weighted by Gasteiger charge is 2.63. The minimum absolute atomic E-state index is 0.273. The van der Waals surface area contributed by atoms with E-state index in [1.807, 2.05) is 0 Å². The van der Waals surface area contributed by atoms with Crippen molar-refractivity contribution in [1.82, 2.24) is 0 Å². The lowest BCUT2D eigenvalue weighted by Gasteiger charge is -2.64. The van der Waals surface area contributed by atoms with E-state index in [1.165, 1.54) is 51.4 Å². The van der Waals surface area contributed by atoms with Crippen LogP contribution in [0.5, 0.6) is 0 Å². The van der Waals surface area contributed by atoms with Gasteiger partial charge in [-0.25, -0.2) is 0 Å². The maximum Gasteiger partial charge on any atom is 0.192 e. The molecule has 3 unspecified atom stereocenters. The van der Waals surface area contributed by atoms with Crippen LogP contribution in [0.4, 0.5) is 0 Å². The van der Waals surface area contributed by atoms with Crippen molar-refractivity contribution in [3.05, 3.63) is 0 Å². The van der Waals surface area contributed by atoms with Crippen molar-refractivity contribution in [1.29, 1.82) is 0 Å². The zero-order valence-electron chi connectivity index (χ0n) is 23.5. The van der Waals surface area contributed by atoms with Crippen LogP contribution in [0.25, 0.3) is 0 Å². The molecule has 33 heavy (non-hydrogen) atoms. The van der Waals surface area contributed by atoms with Gasteiger partial charge in [0.25, 0.3) is 0 Å². The van der Waals surface area contributed by atoms with Gasteiger partial charge in [0.05, 0.1) is 0 Å². The van der Waals surface area contributed by atoms with Gasteiger partial charge >= 0.3 is 0 Å². The van der Waals surface area contributed by atoms with Gasteiger partial charge < -0.3 is 9.53 Å². The maximum atomic E-state index is 9.68. The van der Waals surface area contributed by atoms with Gasteiger partial charge in [-0.3, -0.25) is 0 Å². The first kappa shape index (κ1) is 26.2. The SMILES string of the molecule is C[C@@H]1CC[C@]2(C)C3CC[C@@]4(C)C(CC[C@@H]4[C@H](C)CCO)C3[C@@H](O[Si](C)(C)C(C)(C)C)C[C@@H]2C1. The first-order chi connectivity index (χ1) is 15.2. The van der Waals surface area contributed by atoms with Gasteiger partial charge in [0, 0.05) is 12.7 Å². The molecule has 4 rings (SSSR count). The predicted octanol–water partition coefficient (Wildman–Crippen LogP) is 8.30. The summed E-state index contributed by atoms with van der Waals surface area (Å²) in [4.78, 5) is 0. The summed E-state index contributed by atoms with van der Waals surface area (Å²) in [7, 11) is -1.82. The van der Waals surface area contributed by atoms with E-state index in [0.717, 1.165) is 41.9 Å². The zero-order chi connectivity index (χ0) is 24.4. The average molecular weight is 477 g/mol. The standard InChI is InChI=1S/C30H56O2Si/c1-20-12-15-29(6)22(18-20)19-26(32-33(8,9)28(3,4)5)27-24-11-10-23(21(2)14-17-31)30(24,7)16-13-25(27)29/h20-27,31H,10-19H2,1-9H3/t20-,21-,22+,23-,24?,25?,26+,27?,29+,30-/m1/s1. The molecule has 4 aliphatic carbocycles. The molecular formula is C30H56O2Si. The fraction of sp³-hybridized carbons (Fsp3) is 1.00. The van der Waals surface area contributed by atoms with E-state index in [2.05, 4.69) is 61.6 Å². The summed E-state index contributed by atoms with van der Waals surface area (Å²) in [6.45, 7) is 22.8. The lowest BCUT2D eigenvalue weighted by atomic mass is 9.43.